The number of nitrogens with one attached hydrogen (secondary N) is 1. The summed E-state index contributed by atoms with van der Waals surface area (Å²) in [5, 5.41) is 3.94. The van der Waals surface area contributed by atoms with Crippen molar-refractivity contribution < 1.29 is 9.18 Å². The molecule has 0 radical (unpaired) electrons. The van der Waals surface area contributed by atoms with E-state index in [1.807, 2.05) is 24.0 Å². The van der Waals surface area contributed by atoms with Crippen molar-refractivity contribution in [3.63, 3.8) is 0 Å². The van der Waals surface area contributed by atoms with Crippen LogP contribution in [0.2, 0.25) is 5.02 Å². The number of aryl methyl sites for hydroxylation is 1. The zero-order chi connectivity index (χ0) is 19.0. The Labute approximate surface area is 161 Å². The largest absolute Gasteiger partial charge is 0.354 e. The summed E-state index contributed by atoms with van der Waals surface area (Å²) in [7, 11) is 0. The second-order valence-corrected chi connectivity index (χ2v) is 7.03. The standard InChI is InChI=1S/C20H18ClFN4O/c1-12-4-6-14-18(25-13-5-7-16(21)17(22)10-13)15(11-23-19(14)24-12)20(27)26-8-2-3-9-26/h4-7,10-11H,2-3,8-9H2,1H3,(H,23,24,25). The third kappa shape index (κ3) is 3.45. The zero-order valence-electron chi connectivity index (χ0n) is 14.8. The molecule has 1 fully saturated rings. The van der Waals surface area contributed by atoms with Crippen molar-refractivity contribution in [2.75, 3.05) is 18.4 Å². The van der Waals surface area contributed by atoms with Crippen molar-refractivity contribution in [3.8, 4) is 0 Å². The van der Waals surface area contributed by atoms with E-state index in [2.05, 4.69) is 15.3 Å². The van der Waals surface area contributed by atoms with E-state index in [1.54, 1.807) is 12.3 Å². The molecule has 1 amide bonds. The number of hydrogen-bond donors (Lipinski definition) is 1. The van der Waals surface area contributed by atoms with E-state index in [4.69, 9.17) is 11.6 Å². The Morgan fingerprint density at radius 2 is 2.00 bits per heavy atom. The van der Waals surface area contributed by atoms with Crippen LogP contribution in [0, 0.1) is 12.7 Å². The van der Waals surface area contributed by atoms with Gasteiger partial charge in [-0.25, -0.2) is 14.4 Å². The van der Waals surface area contributed by atoms with Gasteiger partial charge in [-0.3, -0.25) is 4.79 Å². The van der Waals surface area contributed by atoms with Crippen LogP contribution in [-0.4, -0.2) is 33.9 Å². The maximum Gasteiger partial charge on any atom is 0.257 e. The Hall–Kier alpha value is -2.73. The Balaban J connectivity index is 1.84. The highest BCUT2D eigenvalue weighted by molar-refractivity contribution is 6.30. The molecule has 2 aromatic heterocycles. The van der Waals surface area contributed by atoms with Crippen molar-refractivity contribution in [2.45, 2.75) is 19.8 Å². The molecule has 1 saturated heterocycles. The number of halogens is 2. The minimum absolute atomic E-state index is 0.0470. The van der Waals surface area contributed by atoms with Crippen LogP contribution >= 0.6 is 11.6 Å². The molecule has 1 aromatic carbocycles. The van der Waals surface area contributed by atoms with Crippen LogP contribution in [0.3, 0.4) is 0 Å². The summed E-state index contributed by atoms with van der Waals surface area (Å²) in [6.45, 7) is 3.35. The van der Waals surface area contributed by atoms with E-state index in [-0.39, 0.29) is 10.9 Å². The predicted octanol–water partition coefficient (Wildman–Crippen LogP) is 4.71. The van der Waals surface area contributed by atoms with Crippen molar-refractivity contribution >= 4 is 39.9 Å². The van der Waals surface area contributed by atoms with E-state index in [0.29, 0.717) is 28.0 Å². The highest BCUT2D eigenvalue weighted by Gasteiger charge is 2.24. The van der Waals surface area contributed by atoms with Gasteiger partial charge in [0, 0.05) is 36.1 Å². The van der Waals surface area contributed by atoms with Gasteiger partial charge < -0.3 is 10.2 Å². The number of anilines is 2. The molecule has 0 atom stereocenters. The Morgan fingerprint density at radius 3 is 2.74 bits per heavy atom. The van der Waals surface area contributed by atoms with Gasteiger partial charge in [0.2, 0.25) is 0 Å². The SMILES string of the molecule is Cc1ccc2c(Nc3ccc(Cl)c(F)c3)c(C(=O)N3CCCC3)cnc2n1. The Morgan fingerprint density at radius 1 is 1.22 bits per heavy atom. The van der Waals surface area contributed by atoms with Gasteiger partial charge in [-0.15, -0.1) is 0 Å². The first-order valence-corrected chi connectivity index (χ1v) is 9.18. The van der Waals surface area contributed by atoms with E-state index in [9.17, 15) is 9.18 Å². The maximum absolute atomic E-state index is 13.9. The number of fused-ring (bicyclic) bond motifs is 1. The van der Waals surface area contributed by atoms with Gasteiger partial charge in [0.15, 0.2) is 5.65 Å². The normalized spacial score (nSPS) is 14.0. The van der Waals surface area contributed by atoms with Crippen molar-refractivity contribution in [1.82, 2.24) is 14.9 Å². The van der Waals surface area contributed by atoms with Gasteiger partial charge in [0.1, 0.15) is 5.82 Å². The highest BCUT2D eigenvalue weighted by atomic mass is 35.5. The van der Waals surface area contributed by atoms with Crippen LogP contribution < -0.4 is 5.32 Å². The number of carbonyl (C=O) groups excluding carboxylic acids is 1. The van der Waals surface area contributed by atoms with Gasteiger partial charge in [0.25, 0.3) is 5.91 Å². The van der Waals surface area contributed by atoms with E-state index in [1.165, 1.54) is 12.1 Å². The Bertz CT molecular complexity index is 1030. The quantitative estimate of drug-likeness (QED) is 0.710. The summed E-state index contributed by atoms with van der Waals surface area (Å²) in [5.74, 6) is -0.610. The number of likely N-dealkylation sites (tertiary alicyclic amines) is 1. The zero-order valence-corrected chi connectivity index (χ0v) is 15.6. The lowest BCUT2D eigenvalue weighted by Crippen LogP contribution is -2.28. The number of amides is 1. The van der Waals surface area contributed by atoms with Crippen LogP contribution in [0.5, 0.6) is 0 Å². The molecule has 0 spiro atoms. The number of hydrogen-bond acceptors (Lipinski definition) is 4. The molecule has 3 heterocycles. The third-order valence-electron chi connectivity index (χ3n) is 4.68. The number of nitrogens with zero attached hydrogens (tertiary/aromatic N) is 3. The average Bonchev–Trinajstić information content (AvgIpc) is 3.19. The van der Waals surface area contributed by atoms with E-state index in [0.717, 1.165) is 31.6 Å². The fourth-order valence-corrected chi connectivity index (χ4v) is 3.40. The van der Waals surface area contributed by atoms with Gasteiger partial charge >= 0.3 is 0 Å². The molecule has 0 unspecified atom stereocenters. The Kier molecular flexibility index (Phi) is 4.66. The number of carbonyl (C=O) groups is 1. The van der Waals surface area contributed by atoms with Crippen LogP contribution in [0.4, 0.5) is 15.8 Å². The molecule has 138 valence electrons. The van der Waals surface area contributed by atoms with Crippen molar-refractivity contribution in [3.05, 3.63) is 58.6 Å². The smallest absolute Gasteiger partial charge is 0.257 e. The summed E-state index contributed by atoms with van der Waals surface area (Å²) in [4.78, 5) is 23.6. The van der Waals surface area contributed by atoms with Gasteiger partial charge in [-0.1, -0.05) is 11.6 Å². The third-order valence-corrected chi connectivity index (χ3v) is 4.99. The number of rotatable bonds is 3. The summed E-state index contributed by atoms with van der Waals surface area (Å²) < 4.78 is 13.9. The first-order chi connectivity index (χ1) is 13.0. The molecule has 3 aromatic rings. The van der Waals surface area contributed by atoms with Crippen LogP contribution in [0.15, 0.2) is 36.5 Å². The summed E-state index contributed by atoms with van der Waals surface area (Å²) in [5.41, 5.74) is 2.89. The van der Waals surface area contributed by atoms with Crippen molar-refractivity contribution in [1.29, 1.82) is 0 Å². The monoisotopic (exact) mass is 384 g/mol. The molecular weight excluding hydrogens is 367 g/mol. The molecule has 0 aliphatic carbocycles. The lowest BCUT2D eigenvalue weighted by Gasteiger charge is -2.19. The number of pyridine rings is 2. The minimum atomic E-state index is -0.526. The second kappa shape index (κ2) is 7.12. The van der Waals surface area contributed by atoms with Crippen molar-refractivity contribution in [2.24, 2.45) is 0 Å². The van der Waals surface area contributed by atoms with Crippen LogP contribution in [-0.2, 0) is 0 Å². The molecule has 1 aliphatic rings. The maximum atomic E-state index is 13.9. The first-order valence-electron chi connectivity index (χ1n) is 8.80. The second-order valence-electron chi connectivity index (χ2n) is 6.62. The van der Waals surface area contributed by atoms with Crippen LogP contribution in [0.25, 0.3) is 11.0 Å². The van der Waals surface area contributed by atoms with E-state index >= 15 is 0 Å². The van der Waals surface area contributed by atoms with Crippen LogP contribution in [0.1, 0.15) is 28.9 Å². The fraction of sp³-hybridized carbons (Fsp3) is 0.250. The minimum Gasteiger partial charge on any atom is -0.354 e. The molecule has 0 bridgehead atoms. The lowest BCUT2D eigenvalue weighted by molar-refractivity contribution is 0.0793. The number of aromatic nitrogens is 2. The fourth-order valence-electron chi connectivity index (χ4n) is 3.28. The molecular formula is C20H18ClFN4O. The molecule has 4 rings (SSSR count). The van der Waals surface area contributed by atoms with E-state index < -0.39 is 5.82 Å². The molecule has 7 heteroatoms. The van der Waals surface area contributed by atoms with Gasteiger partial charge in [0.05, 0.1) is 16.3 Å². The molecule has 5 nitrogen and oxygen atoms in total. The summed E-state index contributed by atoms with van der Waals surface area (Å²) in [6, 6.07) is 8.19. The topological polar surface area (TPSA) is 58.1 Å². The van der Waals surface area contributed by atoms with Gasteiger partial charge in [-0.2, -0.15) is 0 Å². The molecule has 1 aliphatic heterocycles. The lowest BCUT2D eigenvalue weighted by atomic mass is 10.1. The predicted molar refractivity (Wildman–Crippen MR) is 104 cm³/mol. The number of benzene rings is 1. The average molecular weight is 385 g/mol. The molecule has 0 saturated carbocycles. The highest BCUT2D eigenvalue weighted by Crippen LogP contribution is 2.31. The molecule has 27 heavy (non-hydrogen) atoms. The molecule has 1 N–H and O–H groups in total. The summed E-state index contributed by atoms with van der Waals surface area (Å²) in [6.07, 6.45) is 3.54. The first kappa shape index (κ1) is 17.7. The van der Waals surface area contributed by atoms with Gasteiger partial charge in [-0.05, 0) is 50.1 Å². The summed E-state index contributed by atoms with van der Waals surface area (Å²) >= 11 is 5.78.